The summed E-state index contributed by atoms with van der Waals surface area (Å²) in [7, 11) is 0. The van der Waals surface area contributed by atoms with Crippen molar-refractivity contribution >= 4 is 11.6 Å². The average molecular weight is 257 g/mol. The van der Waals surface area contributed by atoms with Crippen molar-refractivity contribution in [2.24, 2.45) is 0 Å². The highest BCUT2D eigenvalue weighted by molar-refractivity contribution is 5.94. The van der Waals surface area contributed by atoms with Crippen LogP contribution in [0.1, 0.15) is 28.2 Å². The van der Waals surface area contributed by atoms with Gasteiger partial charge in [0, 0.05) is 17.8 Å². The molecule has 0 saturated heterocycles. The van der Waals surface area contributed by atoms with Crippen molar-refractivity contribution in [3.63, 3.8) is 0 Å². The molecule has 0 unspecified atom stereocenters. The minimum Gasteiger partial charge on any atom is -0.385 e. The third-order valence-corrected chi connectivity index (χ3v) is 3.19. The zero-order valence-corrected chi connectivity index (χ0v) is 10.4. The fourth-order valence-corrected chi connectivity index (χ4v) is 2.20. The molecule has 0 bridgehead atoms. The van der Waals surface area contributed by atoms with Crippen LogP contribution in [0.25, 0.3) is 0 Å². The average Bonchev–Trinajstić information content (AvgIpc) is 2.97. The number of nitrogens with one attached hydrogen (secondary N) is 3. The van der Waals surface area contributed by atoms with Gasteiger partial charge in [0.2, 0.25) is 0 Å². The van der Waals surface area contributed by atoms with Gasteiger partial charge in [0.25, 0.3) is 5.91 Å². The molecule has 0 saturated carbocycles. The smallest absolute Gasteiger partial charge is 0.251 e. The van der Waals surface area contributed by atoms with Crippen LogP contribution in [-0.4, -0.2) is 27.6 Å². The molecule has 0 fully saturated rings. The highest BCUT2D eigenvalue weighted by Crippen LogP contribution is 2.22. The molecular weight excluding hydrogens is 242 g/mol. The number of aryl methyl sites for hydroxylation is 1. The number of rotatable bonds is 3. The Morgan fingerprint density at radius 2 is 2.37 bits per heavy atom. The molecule has 19 heavy (non-hydrogen) atoms. The summed E-state index contributed by atoms with van der Waals surface area (Å²) < 4.78 is 0. The van der Waals surface area contributed by atoms with Gasteiger partial charge in [-0.05, 0) is 36.6 Å². The molecular formula is C13H15N5O. The Kier molecular flexibility index (Phi) is 3.14. The van der Waals surface area contributed by atoms with Crippen LogP contribution < -0.4 is 10.6 Å². The monoisotopic (exact) mass is 257 g/mol. The molecule has 6 heteroatoms. The molecule has 1 aromatic heterocycles. The summed E-state index contributed by atoms with van der Waals surface area (Å²) in [6.07, 6.45) is 3.55. The molecule has 0 radical (unpaired) electrons. The Bertz CT molecular complexity index is 579. The molecule has 1 aliphatic heterocycles. The van der Waals surface area contributed by atoms with Crippen LogP contribution in [0.15, 0.2) is 24.5 Å². The minimum atomic E-state index is -0.0928. The van der Waals surface area contributed by atoms with E-state index in [1.165, 1.54) is 11.9 Å². The lowest BCUT2D eigenvalue weighted by atomic mass is 10.0. The largest absolute Gasteiger partial charge is 0.385 e. The van der Waals surface area contributed by atoms with Gasteiger partial charge in [-0.3, -0.25) is 9.89 Å². The second-order valence-corrected chi connectivity index (χ2v) is 4.52. The Hall–Kier alpha value is -2.37. The van der Waals surface area contributed by atoms with Crippen LogP contribution in [0, 0.1) is 0 Å². The molecule has 2 aromatic rings. The predicted octanol–water partition coefficient (Wildman–Crippen LogP) is 1.09. The lowest BCUT2D eigenvalue weighted by Gasteiger charge is -2.18. The first kappa shape index (κ1) is 11.7. The van der Waals surface area contributed by atoms with E-state index in [2.05, 4.69) is 25.8 Å². The Morgan fingerprint density at radius 3 is 3.21 bits per heavy atom. The molecule has 1 aliphatic rings. The number of hydrogen-bond acceptors (Lipinski definition) is 4. The van der Waals surface area contributed by atoms with E-state index in [9.17, 15) is 4.79 Å². The van der Waals surface area contributed by atoms with E-state index < -0.39 is 0 Å². The normalized spacial score (nSPS) is 13.5. The van der Waals surface area contributed by atoms with Crippen LogP contribution in [0.4, 0.5) is 5.69 Å². The summed E-state index contributed by atoms with van der Waals surface area (Å²) in [5, 5.41) is 12.6. The van der Waals surface area contributed by atoms with Crippen LogP contribution in [0.2, 0.25) is 0 Å². The fourth-order valence-electron chi connectivity index (χ4n) is 2.20. The number of fused-ring (bicyclic) bond motifs is 1. The third kappa shape index (κ3) is 2.57. The third-order valence-electron chi connectivity index (χ3n) is 3.19. The summed E-state index contributed by atoms with van der Waals surface area (Å²) in [4.78, 5) is 16.0. The highest BCUT2D eigenvalue weighted by Gasteiger charge is 2.12. The van der Waals surface area contributed by atoms with Crippen molar-refractivity contribution in [3.05, 3.63) is 41.5 Å². The topological polar surface area (TPSA) is 82.7 Å². The van der Waals surface area contributed by atoms with Gasteiger partial charge in [-0.1, -0.05) is 0 Å². The van der Waals surface area contributed by atoms with E-state index in [1.54, 1.807) is 0 Å². The summed E-state index contributed by atoms with van der Waals surface area (Å²) in [5.41, 5.74) is 3.03. The van der Waals surface area contributed by atoms with Crippen molar-refractivity contribution in [2.75, 3.05) is 11.9 Å². The Morgan fingerprint density at radius 1 is 1.42 bits per heavy atom. The first-order valence-corrected chi connectivity index (χ1v) is 6.32. The number of aromatic amines is 1. The fraction of sp³-hybridized carbons (Fsp3) is 0.308. The molecule has 2 heterocycles. The summed E-state index contributed by atoms with van der Waals surface area (Å²) in [5.74, 6) is 0.553. The number of nitrogens with zero attached hydrogens (tertiary/aromatic N) is 2. The van der Waals surface area contributed by atoms with Crippen LogP contribution >= 0.6 is 0 Å². The van der Waals surface area contributed by atoms with Crippen molar-refractivity contribution < 1.29 is 4.79 Å². The zero-order chi connectivity index (χ0) is 13.1. The number of amides is 1. The van der Waals surface area contributed by atoms with E-state index in [0.29, 0.717) is 17.9 Å². The first-order chi connectivity index (χ1) is 9.33. The zero-order valence-electron chi connectivity index (χ0n) is 10.4. The second-order valence-electron chi connectivity index (χ2n) is 4.52. The number of hydrogen-bond donors (Lipinski definition) is 3. The highest BCUT2D eigenvalue weighted by atomic mass is 16.1. The molecule has 3 N–H and O–H groups in total. The molecule has 0 spiro atoms. The maximum absolute atomic E-state index is 12.0. The van der Waals surface area contributed by atoms with Gasteiger partial charge < -0.3 is 10.6 Å². The standard InChI is InChI=1S/C13H15N5O/c19-13(15-7-12-16-8-17-18-12)10-3-4-11-9(6-10)2-1-5-14-11/h3-4,6,8,14H,1-2,5,7H2,(H,15,19)(H,16,17,18). The summed E-state index contributed by atoms with van der Waals surface area (Å²) in [6.45, 7) is 1.36. The van der Waals surface area contributed by atoms with Crippen molar-refractivity contribution in [3.8, 4) is 0 Å². The van der Waals surface area contributed by atoms with Gasteiger partial charge in [-0.25, -0.2) is 4.98 Å². The van der Waals surface area contributed by atoms with Crippen molar-refractivity contribution in [1.29, 1.82) is 0 Å². The van der Waals surface area contributed by atoms with Gasteiger partial charge in [0.05, 0.1) is 6.54 Å². The first-order valence-electron chi connectivity index (χ1n) is 6.32. The molecule has 6 nitrogen and oxygen atoms in total. The molecule has 3 rings (SSSR count). The lowest BCUT2D eigenvalue weighted by molar-refractivity contribution is 0.0950. The van der Waals surface area contributed by atoms with E-state index >= 15 is 0 Å². The van der Waals surface area contributed by atoms with E-state index in [4.69, 9.17) is 0 Å². The van der Waals surface area contributed by atoms with E-state index in [-0.39, 0.29) is 5.91 Å². The molecule has 98 valence electrons. The minimum absolute atomic E-state index is 0.0928. The SMILES string of the molecule is O=C(NCc1ncn[nH]1)c1ccc2c(c1)CCCN2. The predicted molar refractivity (Wildman–Crippen MR) is 70.8 cm³/mol. The van der Waals surface area contributed by atoms with Crippen LogP contribution in [0.5, 0.6) is 0 Å². The van der Waals surface area contributed by atoms with E-state index in [0.717, 1.165) is 25.1 Å². The number of anilines is 1. The number of H-pyrrole nitrogens is 1. The van der Waals surface area contributed by atoms with Gasteiger partial charge >= 0.3 is 0 Å². The Balaban J connectivity index is 1.69. The van der Waals surface area contributed by atoms with Crippen LogP contribution in [-0.2, 0) is 13.0 Å². The van der Waals surface area contributed by atoms with Gasteiger partial charge in [-0.2, -0.15) is 5.10 Å². The molecule has 1 aromatic carbocycles. The maximum Gasteiger partial charge on any atom is 0.251 e. The lowest BCUT2D eigenvalue weighted by Crippen LogP contribution is -2.24. The quantitative estimate of drug-likeness (QED) is 0.768. The molecule has 0 aliphatic carbocycles. The maximum atomic E-state index is 12.0. The number of carbonyl (C=O) groups excluding carboxylic acids is 1. The number of aromatic nitrogens is 3. The number of carbonyl (C=O) groups is 1. The van der Waals surface area contributed by atoms with Crippen molar-refractivity contribution in [2.45, 2.75) is 19.4 Å². The number of benzene rings is 1. The van der Waals surface area contributed by atoms with Gasteiger partial charge in [-0.15, -0.1) is 0 Å². The van der Waals surface area contributed by atoms with Gasteiger partial charge in [0.1, 0.15) is 12.2 Å². The second kappa shape index (κ2) is 5.09. The van der Waals surface area contributed by atoms with Gasteiger partial charge in [0.15, 0.2) is 0 Å². The Labute approximate surface area is 110 Å². The van der Waals surface area contributed by atoms with E-state index in [1.807, 2.05) is 18.2 Å². The molecule has 1 amide bonds. The molecule has 0 atom stereocenters. The summed E-state index contributed by atoms with van der Waals surface area (Å²) >= 11 is 0. The summed E-state index contributed by atoms with van der Waals surface area (Å²) in [6, 6.07) is 5.77. The van der Waals surface area contributed by atoms with Crippen molar-refractivity contribution in [1.82, 2.24) is 20.5 Å². The van der Waals surface area contributed by atoms with Crippen LogP contribution in [0.3, 0.4) is 0 Å².